The van der Waals surface area contributed by atoms with Gasteiger partial charge in [0.05, 0.1) is 6.54 Å². The molecule has 0 spiro atoms. The maximum absolute atomic E-state index is 12.0. The van der Waals surface area contributed by atoms with Gasteiger partial charge < -0.3 is 15.5 Å². The van der Waals surface area contributed by atoms with Gasteiger partial charge in [0.15, 0.2) is 0 Å². The van der Waals surface area contributed by atoms with Crippen molar-refractivity contribution in [3.8, 4) is 11.5 Å². The Morgan fingerprint density at radius 3 is 2.48 bits per heavy atom. The summed E-state index contributed by atoms with van der Waals surface area (Å²) < 4.78 is 8.59. The zero-order valence-corrected chi connectivity index (χ0v) is 13.2. The van der Waals surface area contributed by atoms with Gasteiger partial charge in [-0.05, 0) is 19.1 Å². The lowest BCUT2D eigenvalue weighted by Gasteiger charge is -2.01. The van der Waals surface area contributed by atoms with Gasteiger partial charge >= 0.3 is 0 Å². The molecular weight excluding hydrogens is 296 g/mol. The van der Waals surface area contributed by atoms with Gasteiger partial charge in [-0.15, -0.1) is 10.2 Å². The lowest BCUT2D eigenvalue weighted by atomic mass is 10.1. The van der Waals surface area contributed by atoms with Crippen molar-refractivity contribution >= 4 is 11.5 Å². The maximum atomic E-state index is 12.0. The van der Waals surface area contributed by atoms with Crippen LogP contribution in [0, 0.1) is 6.92 Å². The van der Waals surface area contributed by atoms with Crippen molar-refractivity contribution in [2.24, 2.45) is 14.1 Å². The molecule has 23 heavy (non-hydrogen) atoms. The van der Waals surface area contributed by atoms with E-state index in [4.69, 9.17) is 10.2 Å². The standard InChI is InChI=1S/C15H18N6O2/c1-9-4-6-10(7-5-9)14-19-18-11(23-14)8-17-12-13(16)20(2)21(3)15(12)22/h4-7,17H,8,16H2,1-3H3. The molecule has 3 rings (SSSR count). The number of nitrogens with zero attached hydrogens (tertiary/aromatic N) is 4. The number of hydrogen-bond donors (Lipinski definition) is 2. The summed E-state index contributed by atoms with van der Waals surface area (Å²) in [4.78, 5) is 12.0. The summed E-state index contributed by atoms with van der Waals surface area (Å²) >= 11 is 0. The Morgan fingerprint density at radius 1 is 1.17 bits per heavy atom. The monoisotopic (exact) mass is 314 g/mol. The third-order valence-electron chi connectivity index (χ3n) is 3.74. The number of benzene rings is 1. The molecule has 0 unspecified atom stereocenters. The Bertz CT molecular complexity index is 888. The topological polar surface area (TPSA) is 104 Å². The fourth-order valence-corrected chi connectivity index (χ4v) is 2.20. The zero-order chi connectivity index (χ0) is 16.6. The first-order chi connectivity index (χ1) is 11.0. The van der Waals surface area contributed by atoms with Crippen molar-refractivity contribution in [2.45, 2.75) is 13.5 Å². The van der Waals surface area contributed by atoms with Gasteiger partial charge in [-0.1, -0.05) is 17.7 Å². The number of aromatic nitrogens is 4. The van der Waals surface area contributed by atoms with Crippen LogP contribution in [0.5, 0.6) is 0 Å². The van der Waals surface area contributed by atoms with Crippen LogP contribution in [-0.2, 0) is 20.6 Å². The minimum atomic E-state index is -0.205. The summed E-state index contributed by atoms with van der Waals surface area (Å²) in [5, 5.41) is 11.0. The van der Waals surface area contributed by atoms with E-state index in [0.717, 1.165) is 11.1 Å². The molecule has 0 saturated carbocycles. The second kappa shape index (κ2) is 5.64. The van der Waals surface area contributed by atoms with Gasteiger partial charge in [-0.25, -0.2) is 0 Å². The molecule has 0 saturated heterocycles. The van der Waals surface area contributed by atoms with Crippen LogP contribution >= 0.6 is 0 Å². The van der Waals surface area contributed by atoms with E-state index < -0.39 is 0 Å². The van der Waals surface area contributed by atoms with Crippen LogP contribution in [0.25, 0.3) is 11.5 Å². The molecule has 2 heterocycles. The highest BCUT2D eigenvalue weighted by Gasteiger charge is 2.14. The third-order valence-corrected chi connectivity index (χ3v) is 3.74. The number of nitrogen functional groups attached to an aromatic ring is 1. The Morgan fingerprint density at radius 2 is 1.87 bits per heavy atom. The molecule has 0 radical (unpaired) electrons. The Labute approximate surface area is 132 Å². The molecule has 0 amide bonds. The molecule has 0 aliphatic rings. The van der Waals surface area contributed by atoms with E-state index in [1.54, 1.807) is 18.8 Å². The minimum Gasteiger partial charge on any atom is -0.419 e. The van der Waals surface area contributed by atoms with Gasteiger partial charge in [-0.2, -0.15) is 0 Å². The van der Waals surface area contributed by atoms with E-state index >= 15 is 0 Å². The number of nitrogens with one attached hydrogen (secondary N) is 1. The van der Waals surface area contributed by atoms with Crippen molar-refractivity contribution < 1.29 is 4.42 Å². The summed E-state index contributed by atoms with van der Waals surface area (Å²) in [6, 6.07) is 7.80. The fraction of sp³-hybridized carbons (Fsp3) is 0.267. The van der Waals surface area contributed by atoms with Crippen molar-refractivity contribution in [1.82, 2.24) is 19.6 Å². The van der Waals surface area contributed by atoms with Gasteiger partial charge in [0.1, 0.15) is 11.5 Å². The molecule has 8 heteroatoms. The Kier molecular flexibility index (Phi) is 3.65. The summed E-state index contributed by atoms with van der Waals surface area (Å²) in [5.41, 5.74) is 8.02. The Hall–Kier alpha value is -3.03. The van der Waals surface area contributed by atoms with Gasteiger partial charge in [-0.3, -0.25) is 14.2 Å². The SMILES string of the molecule is Cc1ccc(-c2nnc(CNc3c(N)n(C)n(C)c3=O)o2)cc1. The molecule has 0 fully saturated rings. The molecule has 1 aromatic carbocycles. The summed E-state index contributed by atoms with van der Waals surface area (Å²) in [5.74, 6) is 1.18. The first-order valence-electron chi connectivity index (χ1n) is 7.12. The summed E-state index contributed by atoms with van der Waals surface area (Å²) in [6.45, 7) is 2.24. The average Bonchev–Trinajstić information content (AvgIpc) is 3.08. The molecule has 2 aromatic heterocycles. The van der Waals surface area contributed by atoms with Crippen LogP contribution in [0.2, 0.25) is 0 Å². The second-order valence-corrected chi connectivity index (χ2v) is 5.33. The van der Waals surface area contributed by atoms with E-state index in [2.05, 4.69) is 15.5 Å². The van der Waals surface area contributed by atoms with Crippen LogP contribution in [0.3, 0.4) is 0 Å². The van der Waals surface area contributed by atoms with E-state index in [-0.39, 0.29) is 12.1 Å². The van der Waals surface area contributed by atoms with Crippen molar-refractivity contribution in [3.63, 3.8) is 0 Å². The lowest BCUT2D eigenvalue weighted by Crippen LogP contribution is -2.19. The molecule has 0 bridgehead atoms. The quantitative estimate of drug-likeness (QED) is 0.751. The highest BCUT2D eigenvalue weighted by molar-refractivity contribution is 5.61. The normalized spacial score (nSPS) is 10.9. The Balaban J connectivity index is 1.77. The number of anilines is 2. The number of hydrogen-bond acceptors (Lipinski definition) is 6. The summed E-state index contributed by atoms with van der Waals surface area (Å²) in [6.07, 6.45) is 0. The number of rotatable bonds is 4. The first-order valence-corrected chi connectivity index (χ1v) is 7.12. The minimum absolute atomic E-state index is 0.205. The third kappa shape index (κ3) is 2.70. The highest BCUT2D eigenvalue weighted by Crippen LogP contribution is 2.19. The largest absolute Gasteiger partial charge is 0.419 e. The number of aryl methyl sites for hydroxylation is 1. The molecule has 3 aromatic rings. The van der Waals surface area contributed by atoms with Gasteiger partial charge in [0.2, 0.25) is 11.8 Å². The number of nitrogens with two attached hydrogens (primary N) is 1. The lowest BCUT2D eigenvalue weighted by molar-refractivity contribution is 0.515. The molecular formula is C15H18N6O2. The fourth-order valence-electron chi connectivity index (χ4n) is 2.20. The zero-order valence-electron chi connectivity index (χ0n) is 13.2. The van der Waals surface area contributed by atoms with Crippen molar-refractivity contribution in [2.75, 3.05) is 11.1 Å². The maximum Gasteiger partial charge on any atom is 0.292 e. The van der Waals surface area contributed by atoms with Crippen LogP contribution in [-0.4, -0.2) is 19.6 Å². The van der Waals surface area contributed by atoms with E-state index in [1.807, 2.05) is 31.2 Å². The van der Waals surface area contributed by atoms with E-state index in [9.17, 15) is 4.79 Å². The van der Waals surface area contributed by atoms with Crippen LogP contribution < -0.4 is 16.6 Å². The molecule has 8 nitrogen and oxygen atoms in total. The van der Waals surface area contributed by atoms with Crippen LogP contribution in [0.1, 0.15) is 11.5 Å². The van der Waals surface area contributed by atoms with E-state index in [0.29, 0.717) is 23.3 Å². The van der Waals surface area contributed by atoms with Crippen LogP contribution in [0.4, 0.5) is 11.5 Å². The van der Waals surface area contributed by atoms with Gasteiger partial charge in [0, 0.05) is 19.7 Å². The molecule has 3 N–H and O–H groups in total. The predicted octanol–water partition coefficient (Wildman–Crippen LogP) is 1.28. The van der Waals surface area contributed by atoms with Crippen molar-refractivity contribution in [1.29, 1.82) is 0 Å². The molecule has 120 valence electrons. The molecule has 0 atom stereocenters. The van der Waals surface area contributed by atoms with E-state index in [1.165, 1.54) is 4.68 Å². The molecule has 0 aliphatic heterocycles. The molecule has 0 aliphatic carbocycles. The first kappa shape index (κ1) is 14.9. The highest BCUT2D eigenvalue weighted by atomic mass is 16.4. The van der Waals surface area contributed by atoms with Crippen LogP contribution in [0.15, 0.2) is 33.5 Å². The smallest absolute Gasteiger partial charge is 0.292 e. The average molecular weight is 314 g/mol. The second-order valence-electron chi connectivity index (χ2n) is 5.33. The van der Waals surface area contributed by atoms with Gasteiger partial charge in [0.25, 0.3) is 5.56 Å². The summed E-state index contributed by atoms with van der Waals surface area (Å²) in [7, 11) is 3.36. The predicted molar refractivity (Wildman–Crippen MR) is 86.9 cm³/mol. The van der Waals surface area contributed by atoms with Crippen molar-refractivity contribution in [3.05, 3.63) is 46.1 Å².